The van der Waals surface area contributed by atoms with E-state index in [1.54, 1.807) is 18.2 Å². The summed E-state index contributed by atoms with van der Waals surface area (Å²) in [5, 5.41) is 7.07. The molecule has 11 heteroatoms. The third kappa shape index (κ3) is 4.05. The average Bonchev–Trinajstić information content (AvgIpc) is 3.43. The van der Waals surface area contributed by atoms with Crippen molar-refractivity contribution in [3.05, 3.63) is 65.3 Å². The van der Waals surface area contributed by atoms with E-state index >= 15 is 0 Å². The maximum absolute atomic E-state index is 14.4. The van der Waals surface area contributed by atoms with E-state index in [0.717, 1.165) is 28.7 Å². The molecule has 0 amide bonds. The summed E-state index contributed by atoms with van der Waals surface area (Å²) in [4.78, 5) is 12.9. The Kier molecular flexibility index (Phi) is 5.51. The Hall–Kier alpha value is -3.08. The molecule has 0 radical (unpaired) electrons. The number of halogens is 2. The van der Waals surface area contributed by atoms with Crippen molar-refractivity contribution in [2.75, 3.05) is 18.4 Å². The highest BCUT2D eigenvalue weighted by molar-refractivity contribution is 7.90. The number of hydrogen-bond donors (Lipinski definition) is 2. The molecular weight excluding hydrogens is 467 g/mol. The minimum absolute atomic E-state index is 0.0432. The van der Waals surface area contributed by atoms with Gasteiger partial charge in [0.1, 0.15) is 0 Å². The second-order valence-corrected chi connectivity index (χ2v) is 10.2. The van der Waals surface area contributed by atoms with Crippen LogP contribution in [0.1, 0.15) is 12.0 Å². The van der Waals surface area contributed by atoms with E-state index in [-0.39, 0.29) is 28.2 Å². The number of aromatic nitrogens is 4. The van der Waals surface area contributed by atoms with Gasteiger partial charge in [-0.15, -0.1) is 0 Å². The molecule has 2 N–H and O–H groups in total. The predicted octanol–water partition coefficient (Wildman–Crippen LogP) is 3.61. The Bertz CT molecular complexity index is 1450. The molecular formula is C22H20ClFN6O2S. The highest BCUT2D eigenvalue weighted by atomic mass is 35.5. The summed E-state index contributed by atoms with van der Waals surface area (Å²) >= 11 is 6.16. The van der Waals surface area contributed by atoms with Crippen LogP contribution in [0, 0.1) is 12.7 Å². The smallest absolute Gasteiger partial charge is 0.269 e. The zero-order valence-electron chi connectivity index (χ0n) is 17.6. The lowest BCUT2D eigenvalue weighted by Crippen LogP contribution is -2.23. The van der Waals surface area contributed by atoms with Crippen molar-refractivity contribution < 1.29 is 12.8 Å². The first kappa shape index (κ1) is 21.7. The van der Waals surface area contributed by atoms with E-state index in [4.69, 9.17) is 11.6 Å². The van der Waals surface area contributed by atoms with E-state index in [2.05, 4.69) is 25.6 Å². The number of benzene rings is 1. The fourth-order valence-corrected chi connectivity index (χ4v) is 5.29. The van der Waals surface area contributed by atoms with Crippen LogP contribution in [0.2, 0.25) is 5.02 Å². The molecule has 1 saturated heterocycles. The Balaban J connectivity index is 1.65. The molecule has 1 aliphatic heterocycles. The summed E-state index contributed by atoms with van der Waals surface area (Å²) in [6.07, 6.45) is 4.69. The third-order valence-corrected chi connectivity index (χ3v) is 7.41. The van der Waals surface area contributed by atoms with Gasteiger partial charge < -0.3 is 10.6 Å². The van der Waals surface area contributed by atoms with Gasteiger partial charge in [-0.25, -0.2) is 31.7 Å². The molecule has 5 rings (SSSR count). The zero-order chi connectivity index (χ0) is 23.2. The summed E-state index contributed by atoms with van der Waals surface area (Å²) < 4.78 is 42.3. The summed E-state index contributed by atoms with van der Waals surface area (Å²) in [7, 11) is -3.96. The van der Waals surface area contributed by atoms with Crippen molar-refractivity contribution in [3.8, 4) is 11.4 Å². The van der Waals surface area contributed by atoms with Crippen molar-refractivity contribution in [2.45, 2.75) is 24.3 Å². The van der Waals surface area contributed by atoms with Gasteiger partial charge in [0.15, 0.2) is 23.1 Å². The molecule has 4 aromatic rings. The molecule has 3 aromatic heterocycles. The third-order valence-electron chi connectivity index (χ3n) is 5.54. The van der Waals surface area contributed by atoms with E-state index in [0.29, 0.717) is 22.5 Å². The van der Waals surface area contributed by atoms with Gasteiger partial charge in [-0.05, 0) is 38.1 Å². The van der Waals surface area contributed by atoms with Crippen LogP contribution in [0.5, 0.6) is 0 Å². The lowest BCUT2D eigenvalue weighted by atomic mass is 10.2. The Morgan fingerprint density at radius 1 is 1.21 bits per heavy atom. The molecule has 0 spiro atoms. The number of hydrogen-bond acceptors (Lipinski definition) is 7. The topological polar surface area (TPSA) is 102 Å². The SMILES string of the molecule is Cc1ccc(S(=O)(=O)n2cc(-c3ncc(F)c(NC4CCNC4)n3)c3cc(Cl)cnc32)cc1. The standard InChI is InChI=1S/C22H20ClFN6O2S/c1-13-2-4-16(5-3-13)33(31,32)30-12-18(17-8-14(23)9-27-22(17)30)20-26-11-19(24)21(29-20)28-15-6-7-25-10-15/h2-5,8-9,11-12,15,25H,6-7,10H2,1H3,(H,26,28,29). The Morgan fingerprint density at radius 2 is 2.00 bits per heavy atom. The first-order chi connectivity index (χ1) is 15.8. The Labute approximate surface area is 194 Å². The number of pyridine rings is 1. The lowest BCUT2D eigenvalue weighted by Gasteiger charge is -2.13. The number of nitrogens with zero attached hydrogens (tertiary/aromatic N) is 4. The average molecular weight is 487 g/mol. The van der Waals surface area contributed by atoms with Crippen molar-refractivity contribution in [3.63, 3.8) is 0 Å². The van der Waals surface area contributed by atoms with E-state index in [9.17, 15) is 12.8 Å². The fourth-order valence-electron chi connectivity index (χ4n) is 3.81. The van der Waals surface area contributed by atoms with Crippen LogP contribution in [0.3, 0.4) is 0 Å². The van der Waals surface area contributed by atoms with Crippen LogP contribution >= 0.6 is 11.6 Å². The summed E-state index contributed by atoms with van der Waals surface area (Å²) in [6.45, 7) is 3.42. The lowest BCUT2D eigenvalue weighted by molar-refractivity contribution is 0.588. The van der Waals surface area contributed by atoms with Crippen molar-refractivity contribution in [2.24, 2.45) is 0 Å². The maximum atomic E-state index is 14.4. The van der Waals surface area contributed by atoms with E-state index < -0.39 is 15.8 Å². The van der Waals surface area contributed by atoms with Crippen molar-refractivity contribution in [1.82, 2.24) is 24.2 Å². The summed E-state index contributed by atoms with van der Waals surface area (Å²) in [5.74, 6) is -0.361. The second-order valence-electron chi connectivity index (χ2n) is 7.91. The Morgan fingerprint density at radius 3 is 2.73 bits per heavy atom. The number of aryl methyl sites for hydroxylation is 1. The van der Waals surface area contributed by atoms with E-state index in [1.165, 1.54) is 24.5 Å². The van der Waals surface area contributed by atoms with Crippen molar-refractivity contribution >= 4 is 38.5 Å². The summed E-state index contributed by atoms with van der Waals surface area (Å²) in [5.41, 5.74) is 1.50. The predicted molar refractivity (Wildman–Crippen MR) is 124 cm³/mol. The largest absolute Gasteiger partial charge is 0.363 e. The fraction of sp³-hybridized carbons (Fsp3) is 0.227. The highest BCUT2D eigenvalue weighted by Gasteiger charge is 2.25. The molecule has 33 heavy (non-hydrogen) atoms. The molecule has 170 valence electrons. The minimum Gasteiger partial charge on any atom is -0.363 e. The van der Waals surface area contributed by atoms with Crippen LogP contribution in [-0.2, 0) is 10.0 Å². The van der Waals surface area contributed by atoms with Gasteiger partial charge in [0.25, 0.3) is 10.0 Å². The molecule has 1 aliphatic rings. The number of anilines is 1. The molecule has 0 saturated carbocycles. The number of fused-ring (bicyclic) bond motifs is 1. The molecule has 1 atom stereocenters. The maximum Gasteiger partial charge on any atom is 0.269 e. The normalized spacial score (nSPS) is 16.4. The minimum atomic E-state index is -3.96. The molecule has 4 heterocycles. The first-order valence-electron chi connectivity index (χ1n) is 10.3. The molecule has 0 bridgehead atoms. The van der Waals surface area contributed by atoms with Gasteiger partial charge in [-0.2, -0.15) is 0 Å². The van der Waals surface area contributed by atoms with Gasteiger partial charge in [0.2, 0.25) is 0 Å². The zero-order valence-corrected chi connectivity index (χ0v) is 19.2. The van der Waals surface area contributed by atoms with Gasteiger partial charge in [0.05, 0.1) is 16.1 Å². The molecule has 1 aromatic carbocycles. The first-order valence-corrected chi connectivity index (χ1v) is 12.1. The van der Waals surface area contributed by atoms with E-state index in [1.807, 2.05) is 6.92 Å². The van der Waals surface area contributed by atoms with Crippen LogP contribution in [0.15, 0.2) is 53.8 Å². The van der Waals surface area contributed by atoms with Crippen molar-refractivity contribution in [1.29, 1.82) is 0 Å². The van der Waals surface area contributed by atoms with Crippen LogP contribution < -0.4 is 10.6 Å². The number of rotatable bonds is 5. The number of nitrogens with one attached hydrogen (secondary N) is 2. The molecule has 8 nitrogen and oxygen atoms in total. The van der Waals surface area contributed by atoms with Gasteiger partial charge in [-0.1, -0.05) is 29.3 Å². The molecule has 1 fully saturated rings. The van der Waals surface area contributed by atoms with Gasteiger partial charge in [0, 0.05) is 35.9 Å². The molecule has 0 aliphatic carbocycles. The van der Waals surface area contributed by atoms with Gasteiger partial charge >= 0.3 is 0 Å². The monoisotopic (exact) mass is 486 g/mol. The van der Waals surface area contributed by atoms with Crippen LogP contribution in [-0.4, -0.2) is 46.5 Å². The summed E-state index contributed by atoms with van der Waals surface area (Å²) in [6, 6.07) is 8.17. The van der Waals surface area contributed by atoms with Crippen LogP contribution in [0.25, 0.3) is 22.4 Å². The van der Waals surface area contributed by atoms with Gasteiger partial charge in [-0.3, -0.25) is 0 Å². The highest BCUT2D eigenvalue weighted by Crippen LogP contribution is 2.32. The quantitative estimate of drug-likeness (QED) is 0.444. The molecule has 1 unspecified atom stereocenters. The second kappa shape index (κ2) is 8.36. The van der Waals surface area contributed by atoms with Crippen LogP contribution in [0.4, 0.5) is 10.2 Å².